The maximum Gasteiger partial charge on any atom is 0.223 e. The molecule has 0 heterocycles. The fourth-order valence-electron chi connectivity index (χ4n) is 2.31. The Kier molecular flexibility index (Phi) is 6.91. The molecule has 1 atom stereocenters. The van der Waals surface area contributed by atoms with Crippen LogP contribution in [0.3, 0.4) is 0 Å². The SMILES string of the molecule is CCC(CC)C(C)NC(=O)CCOc1cccc(N)c1. The quantitative estimate of drug-likeness (QED) is 0.718. The van der Waals surface area contributed by atoms with Crippen molar-refractivity contribution in [1.82, 2.24) is 5.32 Å². The molecule has 1 unspecified atom stereocenters. The van der Waals surface area contributed by atoms with E-state index in [-0.39, 0.29) is 11.9 Å². The van der Waals surface area contributed by atoms with E-state index in [1.165, 1.54) is 0 Å². The lowest BCUT2D eigenvalue weighted by molar-refractivity contribution is -0.122. The molecular formula is C16H26N2O2. The number of nitrogen functional groups attached to an aromatic ring is 1. The first-order valence-corrected chi connectivity index (χ1v) is 7.34. The molecular weight excluding hydrogens is 252 g/mol. The molecule has 1 aromatic carbocycles. The minimum atomic E-state index is 0.0355. The van der Waals surface area contributed by atoms with E-state index in [9.17, 15) is 4.79 Å². The Hall–Kier alpha value is -1.71. The number of amides is 1. The Labute approximate surface area is 121 Å². The van der Waals surface area contributed by atoms with Crippen LogP contribution in [0.25, 0.3) is 0 Å². The Morgan fingerprint density at radius 2 is 2.05 bits per heavy atom. The number of anilines is 1. The predicted octanol–water partition coefficient (Wildman–Crippen LogP) is 2.98. The average Bonchev–Trinajstić information content (AvgIpc) is 2.40. The van der Waals surface area contributed by atoms with E-state index in [1.54, 1.807) is 12.1 Å². The second-order valence-corrected chi connectivity index (χ2v) is 5.10. The molecule has 0 radical (unpaired) electrons. The molecule has 3 N–H and O–H groups in total. The van der Waals surface area contributed by atoms with Crippen LogP contribution in [0, 0.1) is 5.92 Å². The van der Waals surface area contributed by atoms with Gasteiger partial charge in [-0.15, -0.1) is 0 Å². The van der Waals surface area contributed by atoms with Crippen LogP contribution in [-0.4, -0.2) is 18.6 Å². The minimum absolute atomic E-state index is 0.0355. The van der Waals surface area contributed by atoms with E-state index in [1.807, 2.05) is 12.1 Å². The van der Waals surface area contributed by atoms with Crippen LogP contribution in [0.5, 0.6) is 5.75 Å². The van der Waals surface area contributed by atoms with E-state index >= 15 is 0 Å². The van der Waals surface area contributed by atoms with Gasteiger partial charge in [-0.2, -0.15) is 0 Å². The molecule has 1 aromatic rings. The average molecular weight is 278 g/mol. The molecule has 1 rings (SSSR count). The van der Waals surface area contributed by atoms with E-state index in [0.29, 0.717) is 30.4 Å². The maximum atomic E-state index is 11.8. The van der Waals surface area contributed by atoms with E-state index in [0.717, 1.165) is 12.8 Å². The monoisotopic (exact) mass is 278 g/mol. The van der Waals surface area contributed by atoms with Gasteiger partial charge in [0.25, 0.3) is 0 Å². The lowest BCUT2D eigenvalue weighted by Gasteiger charge is -2.22. The van der Waals surface area contributed by atoms with Crippen molar-refractivity contribution in [3.05, 3.63) is 24.3 Å². The molecule has 0 saturated carbocycles. The van der Waals surface area contributed by atoms with Gasteiger partial charge >= 0.3 is 0 Å². The smallest absolute Gasteiger partial charge is 0.223 e. The fraction of sp³-hybridized carbons (Fsp3) is 0.562. The zero-order chi connectivity index (χ0) is 15.0. The van der Waals surface area contributed by atoms with Crippen LogP contribution in [-0.2, 0) is 4.79 Å². The van der Waals surface area contributed by atoms with Gasteiger partial charge < -0.3 is 15.8 Å². The van der Waals surface area contributed by atoms with Gasteiger partial charge in [0.2, 0.25) is 5.91 Å². The molecule has 0 aliphatic carbocycles. The zero-order valence-electron chi connectivity index (χ0n) is 12.7. The van der Waals surface area contributed by atoms with Gasteiger partial charge in [0.1, 0.15) is 5.75 Å². The molecule has 112 valence electrons. The Morgan fingerprint density at radius 3 is 2.65 bits per heavy atom. The van der Waals surface area contributed by atoms with Crippen LogP contribution >= 0.6 is 0 Å². The summed E-state index contributed by atoms with van der Waals surface area (Å²) in [4.78, 5) is 11.8. The van der Waals surface area contributed by atoms with Gasteiger partial charge in [0.15, 0.2) is 0 Å². The Balaban J connectivity index is 2.30. The number of hydrogen-bond donors (Lipinski definition) is 2. The summed E-state index contributed by atoms with van der Waals surface area (Å²) in [6.07, 6.45) is 2.52. The summed E-state index contributed by atoms with van der Waals surface area (Å²) in [6.45, 7) is 6.73. The second kappa shape index (κ2) is 8.46. The number of nitrogens with one attached hydrogen (secondary N) is 1. The Morgan fingerprint density at radius 1 is 1.35 bits per heavy atom. The summed E-state index contributed by atoms with van der Waals surface area (Å²) in [5, 5.41) is 3.04. The van der Waals surface area contributed by atoms with Gasteiger partial charge in [0, 0.05) is 17.8 Å². The molecule has 4 nitrogen and oxygen atoms in total. The van der Waals surface area contributed by atoms with Crippen LogP contribution in [0.4, 0.5) is 5.69 Å². The van der Waals surface area contributed by atoms with Crippen molar-refractivity contribution in [3.8, 4) is 5.75 Å². The summed E-state index contributed by atoms with van der Waals surface area (Å²) < 4.78 is 5.51. The third-order valence-corrected chi connectivity index (χ3v) is 3.60. The van der Waals surface area contributed by atoms with Crippen molar-refractivity contribution < 1.29 is 9.53 Å². The number of hydrogen-bond acceptors (Lipinski definition) is 3. The molecule has 0 spiro atoms. The normalized spacial score (nSPS) is 12.2. The Bertz CT molecular complexity index is 417. The van der Waals surface area contributed by atoms with Crippen LogP contribution in [0.2, 0.25) is 0 Å². The van der Waals surface area contributed by atoms with Crippen LogP contribution in [0.15, 0.2) is 24.3 Å². The molecule has 0 bridgehead atoms. The van der Waals surface area contributed by atoms with Gasteiger partial charge in [-0.1, -0.05) is 32.8 Å². The first-order valence-electron chi connectivity index (χ1n) is 7.34. The summed E-state index contributed by atoms with van der Waals surface area (Å²) in [5.41, 5.74) is 6.32. The molecule has 20 heavy (non-hydrogen) atoms. The van der Waals surface area contributed by atoms with Gasteiger partial charge in [-0.05, 0) is 25.0 Å². The van der Waals surface area contributed by atoms with Gasteiger partial charge in [-0.3, -0.25) is 4.79 Å². The first kappa shape index (κ1) is 16.3. The van der Waals surface area contributed by atoms with Crippen molar-refractivity contribution >= 4 is 11.6 Å². The lowest BCUT2D eigenvalue weighted by atomic mass is 9.95. The lowest BCUT2D eigenvalue weighted by Crippen LogP contribution is -2.38. The third kappa shape index (κ3) is 5.51. The van der Waals surface area contributed by atoms with Gasteiger partial charge in [0.05, 0.1) is 13.0 Å². The third-order valence-electron chi connectivity index (χ3n) is 3.60. The van der Waals surface area contributed by atoms with Crippen molar-refractivity contribution in [1.29, 1.82) is 0 Å². The molecule has 0 saturated heterocycles. The van der Waals surface area contributed by atoms with E-state index in [2.05, 4.69) is 26.1 Å². The number of ether oxygens (including phenoxy) is 1. The summed E-state index contributed by atoms with van der Waals surface area (Å²) >= 11 is 0. The van der Waals surface area contributed by atoms with Crippen LogP contribution < -0.4 is 15.8 Å². The zero-order valence-corrected chi connectivity index (χ0v) is 12.7. The maximum absolute atomic E-state index is 11.8. The second-order valence-electron chi connectivity index (χ2n) is 5.10. The number of nitrogens with two attached hydrogens (primary N) is 1. The molecule has 0 aliphatic rings. The molecule has 1 amide bonds. The van der Waals surface area contributed by atoms with Crippen molar-refractivity contribution in [2.75, 3.05) is 12.3 Å². The molecule has 0 aliphatic heterocycles. The van der Waals surface area contributed by atoms with Gasteiger partial charge in [-0.25, -0.2) is 0 Å². The summed E-state index contributed by atoms with van der Waals surface area (Å²) in [5.74, 6) is 1.27. The topological polar surface area (TPSA) is 64.3 Å². The number of carbonyl (C=O) groups is 1. The number of carbonyl (C=O) groups excluding carboxylic acids is 1. The van der Waals surface area contributed by atoms with Crippen molar-refractivity contribution in [2.24, 2.45) is 5.92 Å². The minimum Gasteiger partial charge on any atom is -0.493 e. The molecule has 0 fully saturated rings. The standard InChI is InChI=1S/C16H26N2O2/c1-4-13(5-2)12(3)18-16(19)9-10-20-15-8-6-7-14(17)11-15/h6-8,11-13H,4-5,9-10,17H2,1-3H3,(H,18,19). The van der Waals surface area contributed by atoms with Crippen molar-refractivity contribution in [2.45, 2.75) is 46.1 Å². The highest BCUT2D eigenvalue weighted by atomic mass is 16.5. The van der Waals surface area contributed by atoms with E-state index in [4.69, 9.17) is 10.5 Å². The van der Waals surface area contributed by atoms with Crippen LogP contribution in [0.1, 0.15) is 40.0 Å². The van der Waals surface area contributed by atoms with E-state index < -0.39 is 0 Å². The predicted molar refractivity (Wildman–Crippen MR) is 82.6 cm³/mol. The fourth-order valence-corrected chi connectivity index (χ4v) is 2.31. The molecule has 0 aromatic heterocycles. The van der Waals surface area contributed by atoms with Crippen molar-refractivity contribution in [3.63, 3.8) is 0 Å². The number of benzene rings is 1. The number of rotatable bonds is 8. The highest BCUT2D eigenvalue weighted by molar-refractivity contribution is 5.76. The highest BCUT2D eigenvalue weighted by Crippen LogP contribution is 2.15. The summed E-state index contributed by atoms with van der Waals surface area (Å²) in [7, 11) is 0. The summed E-state index contributed by atoms with van der Waals surface area (Å²) in [6, 6.07) is 7.44. The highest BCUT2D eigenvalue weighted by Gasteiger charge is 2.15. The molecule has 4 heteroatoms. The largest absolute Gasteiger partial charge is 0.493 e. The first-order chi connectivity index (χ1) is 9.56.